The molecule has 0 saturated heterocycles. The molecule has 0 saturated carbocycles. The summed E-state index contributed by atoms with van der Waals surface area (Å²) in [5.41, 5.74) is 0.702. The second kappa shape index (κ2) is 3.20. The smallest absolute Gasteiger partial charge is 0.111 e. The molecule has 0 bridgehead atoms. The van der Waals surface area contributed by atoms with Gasteiger partial charge in [0.05, 0.1) is 0 Å². The molecule has 13 heavy (non-hydrogen) atoms. The van der Waals surface area contributed by atoms with Gasteiger partial charge in [0.15, 0.2) is 0 Å². The molecule has 2 heteroatoms. The predicted octanol–water partition coefficient (Wildman–Crippen LogP) is 3.36. The first-order valence-corrected chi connectivity index (χ1v) is 4.64. The van der Waals surface area contributed by atoms with E-state index in [-0.39, 0.29) is 0 Å². The van der Waals surface area contributed by atoms with Crippen LogP contribution < -0.4 is 0 Å². The quantitative estimate of drug-likeness (QED) is 0.557. The number of hydrogen-bond donors (Lipinski definition) is 0. The molecule has 63 valence electrons. The predicted molar refractivity (Wildman–Crippen MR) is 54.3 cm³/mol. The highest BCUT2D eigenvalue weighted by Crippen LogP contribution is 2.25. The van der Waals surface area contributed by atoms with E-state index in [0.717, 1.165) is 15.6 Å². The Balaban J connectivity index is 2.67. The molecule has 1 heterocycles. The van der Waals surface area contributed by atoms with Crippen LogP contribution in [-0.2, 0) is 0 Å². The van der Waals surface area contributed by atoms with Crippen molar-refractivity contribution in [1.82, 2.24) is 0 Å². The first-order chi connectivity index (χ1) is 6.31. The average molecular weight is 189 g/mol. The number of thiophene rings is 1. The van der Waals surface area contributed by atoms with Crippen molar-refractivity contribution in [2.24, 2.45) is 0 Å². The second-order valence-electron chi connectivity index (χ2n) is 2.68. The molecule has 2 rings (SSSR count). The van der Waals surface area contributed by atoms with E-state index in [1.54, 1.807) is 17.4 Å². The Morgan fingerprint density at radius 2 is 2.23 bits per heavy atom. The SMILES string of the molecule is [CH2]c1scc2cc(C#CF)ccc12. The summed E-state index contributed by atoms with van der Waals surface area (Å²) in [4.78, 5) is 1.04. The van der Waals surface area contributed by atoms with Crippen LogP contribution in [0.4, 0.5) is 4.39 Å². The Morgan fingerprint density at radius 1 is 1.38 bits per heavy atom. The minimum atomic E-state index is 0.702. The van der Waals surface area contributed by atoms with E-state index in [2.05, 4.69) is 12.8 Å². The molecule has 0 unspecified atom stereocenters. The van der Waals surface area contributed by atoms with Gasteiger partial charge in [-0.25, -0.2) is 0 Å². The van der Waals surface area contributed by atoms with Gasteiger partial charge in [0.25, 0.3) is 0 Å². The molecule has 0 aliphatic heterocycles. The minimum absolute atomic E-state index is 0.702. The van der Waals surface area contributed by atoms with Gasteiger partial charge < -0.3 is 0 Å². The van der Waals surface area contributed by atoms with Gasteiger partial charge in [0.1, 0.15) is 6.17 Å². The molecule has 1 aromatic heterocycles. The second-order valence-corrected chi connectivity index (χ2v) is 3.64. The maximum Gasteiger partial charge on any atom is 0.111 e. The van der Waals surface area contributed by atoms with Crippen molar-refractivity contribution in [2.45, 2.75) is 0 Å². The number of rotatable bonds is 0. The molecular formula is C11H6FS. The van der Waals surface area contributed by atoms with Crippen molar-refractivity contribution in [3.63, 3.8) is 0 Å². The van der Waals surface area contributed by atoms with Gasteiger partial charge in [-0.2, -0.15) is 0 Å². The number of benzene rings is 1. The third-order valence-electron chi connectivity index (χ3n) is 1.87. The Kier molecular flexibility index (Phi) is 2.03. The molecule has 0 aliphatic rings. The zero-order valence-corrected chi connectivity index (χ0v) is 7.62. The van der Waals surface area contributed by atoms with Gasteiger partial charge in [-0.15, -0.1) is 15.7 Å². The van der Waals surface area contributed by atoms with E-state index < -0.39 is 0 Å². The summed E-state index contributed by atoms with van der Waals surface area (Å²) >= 11 is 1.59. The Morgan fingerprint density at radius 3 is 3.00 bits per heavy atom. The molecule has 2 aromatic rings. The van der Waals surface area contributed by atoms with E-state index in [1.165, 1.54) is 6.17 Å². The van der Waals surface area contributed by atoms with Crippen LogP contribution in [0.2, 0.25) is 0 Å². The van der Waals surface area contributed by atoms with E-state index >= 15 is 0 Å². The van der Waals surface area contributed by atoms with E-state index in [1.807, 2.05) is 17.5 Å². The molecule has 0 spiro atoms. The Bertz CT molecular complexity index is 500. The minimum Gasteiger partial charge on any atom is -0.148 e. The van der Waals surface area contributed by atoms with Gasteiger partial charge in [-0.1, -0.05) is 6.07 Å². The van der Waals surface area contributed by atoms with Crippen LogP contribution in [-0.4, -0.2) is 0 Å². The summed E-state index contributed by atoms with van der Waals surface area (Å²) in [6, 6.07) is 5.59. The van der Waals surface area contributed by atoms with Crippen molar-refractivity contribution in [3.8, 4) is 12.1 Å². The van der Waals surface area contributed by atoms with Crippen LogP contribution in [0.15, 0.2) is 23.6 Å². The fourth-order valence-corrected chi connectivity index (χ4v) is 2.02. The van der Waals surface area contributed by atoms with E-state index in [9.17, 15) is 4.39 Å². The zero-order valence-electron chi connectivity index (χ0n) is 6.80. The summed E-state index contributed by atoms with van der Waals surface area (Å²) in [6.07, 6.45) is 1.39. The lowest BCUT2D eigenvalue weighted by molar-refractivity contribution is 0.774. The molecule has 1 radical (unpaired) electrons. The van der Waals surface area contributed by atoms with Gasteiger partial charge in [0, 0.05) is 10.4 Å². The Hall–Kier alpha value is -1.33. The fraction of sp³-hybridized carbons (Fsp3) is 0. The first kappa shape index (κ1) is 8.28. The zero-order chi connectivity index (χ0) is 9.26. The molecule has 0 atom stereocenters. The molecular weight excluding hydrogens is 183 g/mol. The molecule has 0 amide bonds. The summed E-state index contributed by atoms with van der Waals surface area (Å²) in [6.45, 7) is 3.89. The maximum atomic E-state index is 11.7. The van der Waals surface area contributed by atoms with Gasteiger partial charge in [-0.3, -0.25) is 0 Å². The molecule has 0 N–H and O–H groups in total. The fourth-order valence-electron chi connectivity index (χ4n) is 1.24. The molecule has 0 aliphatic carbocycles. The summed E-state index contributed by atoms with van der Waals surface area (Å²) < 4.78 is 11.7. The monoisotopic (exact) mass is 189 g/mol. The van der Waals surface area contributed by atoms with Crippen LogP contribution in [0.25, 0.3) is 10.8 Å². The lowest BCUT2D eigenvalue weighted by Gasteiger charge is -1.92. The lowest BCUT2D eigenvalue weighted by atomic mass is 10.1. The molecule has 1 aromatic carbocycles. The topological polar surface area (TPSA) is 0 Å². The van der Waals surface area contributed by atoms with Crippen LogP contribution in [0.3, 0.4) is 0 Å². The highest BCUT2D eigenvalue weighted by Gasteiger charge is 1.99. The maximum absolute atomic E-state index is 11.7. The summed E-state index contributed by atoms with van der Waals surface area (Å²) in [7, 11) is 0. The normalized spacial score (nSPS) is 9.69. The highest BCUT2D eigenvalue weighted by atomic mass is 32.1. The van der Waals surface area contributed by atoms with Crippen LogP contribution in [0.5, 0.6) is 0 Å². The summed E-state index contributed by atoms with van der Waals surface area (Å²) in [5, 5.41) is 4.20. The van der Waals surface area contributed by atoms with Gasteiger partial charge >= 0.3 is 0 Å². The van der Waals surface area contributed by atoms with Crippen molar-refractivity contribution < 1.29 is 4.39 Å². The van der Waals surface area contributed by atoms with Crippen molar-refractivity contribution in [1.29, 1.82) is 0 Å². The standard InChI is InChI=1S/C11H6FS/c1-8-11-3-2-9(4-5-12)6-10(11)7-13-8/h2-3,6-7H,1H2. The van der Waals surface area contributed by atoms with E-state index in [4.69, 9.17) is 0 Å². The van der Waals surface area contributed by atoms with Crippen LogP contribution in [0.1, 0.15) is 10.4 Å². The number of fused-ring (bicyclic) bond motifs is 1. The van der Waals surface area contributed by atoms with Crippen LogP contribution in [0, 0.1) is 19.0 Å². The third-order valence-corrected chi connectivity index (χ3v) is 2.75. The van der Waals surface area contributed by atoms with Gasteiger partial charge in [0.2, 0.25) is 0 Å². The van der Waals surface area contributed by atoms with E-state index in [0.29, 0.717) is 5.56 Å². The van der Waals surface area contributed by atoms with Crippen LogP contribution >= 0.6 is 11.3 Å². The third kappa shape index (κ3) is 1.43. The lowest BCUT2D eigenvalue weighted by Crippen LogP contribution is -1.73. The average Bonchev–Trinajstić information content (AvgIpc) is 2.48. The number of hydrogen-bond acceptors (Lipinski definition) is 1. The van der Waals surface area contributed by atoms with Gasteiger partial charge in [-0.05, 0) is 41.1 Å². The van der Waals surface area contributed by atoms with Crippen molar-refractivity contribution in [2.75, 3.05) is 0 Å². The number of halogens is 1. The molecule has 0 fully saturated rings. The Labute approximate surface area is 80.0 Å². The summed E-state index contributed by atoms with van der Waals surface area (Å²) in [5.74, 6) is 2.38. The first-order valence-electron chi connectivity index (χ1n) is 3.76. The molecule has 0 nitrogen and oxygen atoms in total. The largest absolute Gasteiger partial charge is 0.148 e. The highest BCUT2D eigenvalue weighted by molar-refractivity contribution is 7.11. The van der Waals surface area contributed by atoms with Crippen molar-refractivity contribution >= 4 is 22.1 Å². The van der Waals surface area contributed by atoms with Crippen molar-refractivity contribution in [3.05, 3.63) is 40.9 Å².